The monoisotopic (exact) mass is 251 g/mol. The summed E-state index contributed by atoms with van der Waals surface area (Å²) < 4.78 is 36.4. The zero-order valence-corrected chi connectivity index (χ0v) is 9.90. The maximum atomic E-state index is 11.5. The quantitative estimate of drug-likeness (QED) is 0.710. The number of aromatic amines is 1. The SMILES string of the molecule is CCS(=O)CCNS(=O)(=O)c1cn[nH]c1. The van der Waals surface area contributed by atoms with Crippen molar-refractivity contribution in [2.24, 2.45) is 0 Å². The first-order valence-electron chi connectivity index (χ1n) is 4.39. The number of H-pyrrole nitrogens is 1. The van der Waals surface area contributed by atoms with Gasteiger partial charge in [0.2, 0.25) is 10.0 Å². The summed E-state index contributed by atoms with van der Waals surface area (Å²) >= 11 is 0. The molecule has 0 saturated heterocycles. The van der Waals surface area contributed by atoms with Gasteiger partial charge in [-0.05, 0) is 0 Å². The topological polar surface area (TPSA) is 91.9 Å². The molecule has 0 bridgehead atoms. The number of nitrogens with one attached hydrogen (secondary N) is 2. The molecule has 0 spiro atoms. The molecule has 0 radical (unpaired) electrons. The summed E-state index contributed by atoms with van der Waals surface area (Å²) in [5.41, 5.74) is 0. The molecule has 0 aliphatic carbocycles. The van der Waals surface area contributed by atoms with Gasteiger partial charge in [-0.3, -0.25) is 9.31 Å². The minimum absolute atomic E-state index is 0.0878. The van der Waals surface area contributed by atoms with E-state index in [0.717, 1.165) is 0 Å². The Bertz CT molecular complexity index is 413. The molecule has 1 rings (SSSR count). The summed E-state index contributed by atoms with van der Waals surface area (Å²) in [6, 6.07) is 0. The lowest BCUT2D eigenvalue weighted by atomic mass is 10.7. The van der Waals surface area contributed by atoms with E-state index in [4.69, 9.17) is 0 Å². The molecular formula is C7H13N3O3S2. The van der Waals surface area contributed by atoms with Crippen molar-refractivity contribution in [2.45, 2.75) is 11.8 Å². The second-order valence-electron chi connectivity index (χ2n) is 2.76. The number of hydrogen-bond acceptors (Lipinski definition) is 4. The Kier molecular flexibility index (Phi) is 4.43. The van der Waals surface area contributed by atoms with Crippen molar-refractivity contribution in [1.29, 1.82) is 0 Å². The van der Waals surface area contributed by atoms with Crippen LogP contribution in [0.1, 0.15) is 6.92 Å². The van der Waals surface area contributed by atoms with Gasteiger partial charge < -0.3 is 0 Å². The normalized spacial score (nSPS) is 13.9. The molecule has 0 aliphatic heterocycles. The van der Waals surface area contributed by atoms with E-state index in [2.05, 4.69) is 14.9 Å². The Hall–Kier alpha value is -0.730. The summed E-state index contributed by atoms with van der Waals surface area (Å²) in [7, 11) is -4.46. The van der Waals surface area contributed by atoms with E-state index in [1.165, 1.54) is 12.4 Å². The summed E-state index contributed by atoms with van der Waals surface area (Å²) in [6.45, 7) is 1.97. The zero-order valence-electron chi connectivity index (χ0n) is 8.26. The minimum atomic E-state index is -3.50. The van der Waals surface area contributed by atoms with Crippen LogP contribution in [-0.2, 0) is 20.8 Å². The van der Waals surface area contributed by atoms with Crippen LogP contribution >= 0.6 is 0 Å². The number of aromatic nitrogens is 2. The van der Waals surface area contributed by atoms with E-state index < -0.39 is 20.8 Å². The molecule has 6 nitrogen and oxygen atoms in total. The van der Waals surface area contributed by atoms with E-state index >= 15 is 0 Å². The van der Waals surface area contributed by atoms with Gasteiger partial charge in [0.15, 0.2) is 0 Å². The molecule has 1 aromatic rings. The van der Waals surface area contributed by atoms with Gasteiger partial charge in [-0.1, -0.05) is 6.92 Å². The van der Waals surface area contributed by atoms with Crippen LogP contribution in [0.5, 0.6) is 0 Å². The van der Waals surface area contributed by atoms with Gasteiger partial charge in [0, 0.05) is 35.0 Å². The van der Waals surface area contributed by atoms with E-state index in [-0.39, 0.29) is 11.4 Å². The highest BCUT2D eigenvalue weighted by atomic mass is 32.2. The summed E-state index contributed by atoms with van der Waals surface area (Å²) in [5.74, 6) is 0.862. The number of hydrogen-bond donors (Lipinski definition) is 2. The molecule has 86 valence electrons. The fourth-order valence-corrected chi connectivity index (χ4v) is 2.59. The molecule has 1 heterocycles. The molecule has 1 unspecified atom stereocenters. The van der Waals surface area contributed by atoms with Crippen molar-refractivity contribution in [2.75, 3.05) is 18.1 Å². The predicted octanol–water partition coefficient (Wildman–Crippen LogP) is -0.543. The van der Waals surface area contributed by atoms with Crippen LogP contribution in [0.25, 0.3) is 0 Å². The fraction of sp³-hybridized carbons (Fsp3) is 0.571. The minimum Gasteiger partial charge on any atom is -0.284 e. The lowest BCUT2D eigenvalue weighted by Crippen LogP contribution is -2.27. The van der Waals surface area contributed by atoms with E-state index in [1.807, 2.05) is 0 Å². The van der Waals surface area contributed by atoms with Gasteiger partial charge >= 0.3 is 0 Å². The van der Waals surface area contributed by atoms with Crippen LogP contribution in [0.15, 0.2) is 17.3 Å². The van der Waals surface area contributed by atoms with Crippen LogP contribution in [0, 0.1) is 0 Å². The lowest BCUT2D eigenvalue weighted by molar-refractivity contribution is 0.584. The largest absolute Gasteiger partial charge is 0.284 e. The van der Waals surface area contributed by atoms with Gasteiger partial charge in [-0.2, -0.15) is 5.10 Å². The van der Waals surface area contributed by atoms with Crippen LogP contribution < -0.4 is 4.72 Å². The van der Waals surface area contributed by atoms with Crippen molar-refractivity contribution >= 4 is 20.8 Å². The van der Waals surface area contributed by atoms with Crippen molar-refractivity contribution in [3.63, 3.8) is 0 Å². The van der Waals surface area contributed by atoms with Crippen molar-refractivity contribution in [3.8, 4) is 0 Å². The number of nitrogens with zero attached hydrogens (tertiary/aromatic N) is 1. The highest BCUT2D eigenvalue weighted by Crippen LogP contribution is 2.03. The Morgan fingerprint density at radius 1 is 1.60 bits per heavy atom. The molecule has 0 fully saturated rings. The van der Waals surface area contributed by atoms with Crippen molar-refractivity contribution < 1.29 is 12.6 Å². The molecule has 0 saturated carbocycles. The Balaban J connectivity index is 2.49. The summed E-state index contributed by atoms with van der Waals surface area (Å²) in [5, 5.41) is 5.96. The van der Waals surface area contributed by atoms with E-state index in [1.54, 1.807) is 6.92 Å². The predicted molar refractivity (Wildman–Crippen MR) is 57.3 cm³/mol. The van der Waals surface area contributed by atoms with Gasteiger partial charge in [-0.15, -0.1) is 0 Å². The molecule has 1 atom stereocenters. The molecule has 15 heavy (non-hydrogen) atoms. The molecule has 8 heteroatoms. The molecular weight excluding hydrogens is 238 g/mol. The second-order valence-corrected chi connectivity index (χ2v) is 6.40. The van der Waals surface area contributed by atoms with Crippen LogP contribution in [0.2, 0.25) is 0 Å². The number of rotatable bonds is 6. The first-order valence-corrected chi connectivity index (χ1v) is 7.37. The van der Waals surface area contributed by atoms with E-state index in [0.29, 0.717) is 11.5 Å². The molecule has 0 amide bonds. The smallest absolute Gasteiger partial charge is 0.243 e. The number of sulfonamides is 1. The third-order valence-corrected chi connectivity index (χ3v) is 4.46. The van der Waals surface area contributed by atoms with Gasteiger partial charge in [0.05, 0.1) is 6.20 Å². The Labute approximate surface area is 91.0 Å². The maximum Gasteiger partial charge on any atom is 0.243 e. The van der Waals surface area contributed by atoms with Crippen LogP contribution in [0.4, 0.5) is 0 Å². The third kappa shape index (κ3) is 3.73. The average Bonchev–Trinajstić information content (AvgIpc) is 2.70. The Morgan fingerprint density at radius 3 is 2.87 bits per heavy atom. The van der Waals surface area contributed by atoms with Crippen molar-refractivity contribution in [1.82, 2.24) is 14.9 Å². The molecule has 2 N–H and O–H groups in total. The highest BCUT2D eigenvalue weighted by molar-refractivity contribution is 7.89. The fourth-order valence-electron chi connectivity index (χ4n) is 0.904. The second kappa shape index (κ2) is 5.38. The Morgan fingerprint density at radius 2 is 2.33 bits per heavy atom. The van der Waals surface area contributed by atoms with Gasteiger partial charge in [0.1, 0.15) is 4.90 Å². The first kappa shape index (κ1) is 12.3. The van der Waals surface area contributed by atoms with Gasteiger partial charge in [0.25, 0.3) is 0 Å². The standard InChI is InChI=1S/C7H13N3O3S2/c1-2-14(11)4-3-10-15(12,13)7-5-8-9-6-7/h5-6,10H,2-4H2,1H3,(H,8,9). The van der Waals surface area contributed by atoms with Gasteiger partial charge in [-0.25, -0.2) is 13.1 Å². The van der Waals surface area contributed by atoms with Crippen molar-refractivity contribution in [3.05, 3.63) is 12.4 Å². The maximum absolute atomic E-state index is 11.5. The summed E-state index contributed by atoms with van der Waals surface area (Å²) in [6.07, 6.45) is 2.51. The van der Waals surface area contributed by atoms with Crippen LogP contribution in [0.3, 0.4) is 0 Å². The van der Waals surface area contributed by atoms with E-state index in [9.17, 15) is 12.6 Å². The highest BCUT2D eigenvalue weighted by Gasteiger charge is 2.14. The lowest BCUT2D eigenvalue weighted by Gasteiger charge is -2.03. The summed E-state index contributed by atoms with van der Waals surface area (Å²) in [4.78, 5) is 0.0878. The zero-order chi connectivity index (χ0) is 11.3. The third-order valence-electron chi connectivity index (χ3n) is 1.73. The average molecular weight is 251 g/mol. The first-order chi connectivity index (χ1) is 7.06. The molecule has 0 aliphatic rings. The molecule has 1 aromatic heterocycles. The molecule has 0 aromatic carbocycles. The van der Waals surface area contributed by atoms with Crippen LogP contribution in [-0.4, -0.2) is 40.9 Å².